The number of ketones is 1. The Bertz CT molecular complexity index is 1030. The lowest BCUT2D eigenvalue weighted by molar-refractivity contribution is -0.385. The minimum atomic E-state index is -1.49. The molecule has 1 aromatic carbocycles. The molecular weight excluding hydrogens is 374 g/mol. The molecule has 142 valence electrons. The topological polar surface area (TPSA) is 96.0 Å². The first-order valence-electron chi connectivity index (χ1n) is 8.76. The van der Waals surface area contributed by atoms with Crippen molar-refractivity contribution in [3.8, 4) is 6.07 Å². The van der Waals surface area contributed by atoms with Crippen LogP contribution in [0.5, 0.6) is 0 Å². The molecule has 1 aliphatic carbocycles. The van der Waals surface area contributed by atoms with E-state index in [1.165, 1.54) is 12.1 Å². The number of hydrogen-bond donors (Lipinski definition) is 1. The van der Waals surface area contributed by atoms with E-state index in [-0.39, 0.29) is 33.9 Å². The highest BCUT2D eigenvalue weighted by Gasteiger charge is 2.54. The van der Waals surface area contributed by atoms with Gasteiger partial charge in [-0.25, -0.2) is 0 Å². The summed E-state index contributed by atoms with van der Waals surface area (Å²) >= 11 is 5.52. The highest BCUT2D eigenvalue weighted by atomic mass is 32.1. The van der Waals surface area contributed by atoms with E-state index in [9.17, 15) is 20.2 Å². The zero-order valence-electron chi connectivity index (χ0n) is 15.6. The number of benzene rings is 1. The van der Waals surface area contributed by atoms with Crippen molar-refractivity contribution in [3.05, 3.63) is 69.6 Å². The van der Waals surface area contributed by atoms with Gasteiger partial charge in [-0.2, -0.15) is 5.26 Å². The number of nitro groups is 1. The van der Waals surface area contributed by atoms with Crippen LogP contribution in [0.4, 0.5) is 5.69 Å². The quantitative estimate of drug-likeness (QED) is 0.359. The van der Waals surface area contributed by atoms with Gasteiger partial charge in [-0.05, 0) is 17.9 Å². The highest BCUT2D eigenvalue weighted by molar-refractivity contribution is 7.80. The van der Waals surface area contributed by atoms with Gasteiger partial charge in [0.05, 0.1) is 16.9 Å². The largest absolute Gasteiger partial charge is 0.351 e. The van der Waals surface area contributed by atoms with Crippen LogP contribution in [0.15, 0.2) is 53.9 Å². The summed E-state index contributed by atoms with van der Waals surface area (Å²) in [5.74, 6) is -1.04. The fraction of sp³-hybridized carbons (Fsp3) is 0.333. The Labute approximate surface area is 168 Å². The molecule has 0 spiro atoms. The van der Waals surface area contributed by atoms with Crippen LogP contribution in [-0.4, -0.2) is 15.7 Å². The molecule has 1 N–H and O–H groups in total. The third-order valence-electron chi connectivity index (χ3n) is 5.26. The lowest BCUT2D eigenvalue weighted by atomic mass is 9.61. The summed E-state index contributed by atoms with van der Waals surface area (Å²) in [7, 11) is 0. The molecule has 2 unspecified atom stereocenters. The number of nitro benzene ring substituents is 1. The average molecular weight is 393 g/mol. The first-order valence-corrected chi connectivity index (χ1v) is 9.17. The lowest BCUT2D eigenvalue weighted by Crippen LogP contribution is -2.50. The van der Waals surface area contributed by atoms with E-state index in [0.717, 1.165) is 0 Å². The van der Waals surface area contributed by atoms with E-state index in [1.54, 1.807) is 18.2 Å². The van der Waals surface area contributed by atoms with Gasteiger partial charge < -0.3 is 5.32 Å². The van der Waals surface area contributed by atoms with E-state index >= 15 is 0 Å². The predicted molar refractivity (Wildman–Crippen MR) is 108 cm³/mol. The van der Waals surface area contributed by atoms with Gasteiger partial charge in [0.1, 0.15) is 10.4 Å². The molecule has 1 aliphatic heterocycles. The van der Waals surface area contributed by atoms with Crippen molar-refractivity contribution in [2.24, 2.45) is 10.8 Å². The van der Waals surface area contributed by atoms with Crippen LogP contribution in [0.25, 0.3) is 0 Å². The molecule has 28 heavy (non-hydrogen) atoms. The number of carbonyl (C=O) groups is 1. The number of hydrogen-bond acceptors (Lipinski definition) is 5. The number of allylic oxidation sites excluding steroid dienone is 2. The van der Waals surface area contributed by atoms with Gasteiger partial charge in [-0.15, -0.1) is 5.73 Å². The highest BCUT2D eigenvalue weighted by Crippen LogP contribution is 2.53. The minimum absolute atomic E-state index is 0.138. The zero-order valence-corrected chi connectivity index (χ0v) is 16.4. The van der Waals surface area contributed by atoms with Crippen LogP contribution in [0.2, 0.25) is 0 Å². The van der Waals surface area contributed by atoms with Crippen LogP contribution in [0, 0.1) is 32.3 Å². The number of nitriles is 1. The summed E-state index contributed by atoms with van der Waals surface area (Å²) in [5.41, 5.74) is 2.00. The number of nitrogens with zero attached hydrogens (tertiary/aromatic N) is 2. The molecule has 2 atom stereocenters. The molecule has 3 rings (SSSR count). The zero-order chi connectivity index (χ0) is 20.7. The first kappa shape index (κ1) is 19.7. The maximum Gasteiger partial charge on any atom is 0.273 e. The minimum Gasteiger partial charge on any atom is -0.351 e. The van der Waals surface area contributed by atoms with Gasteiger partial charge in [0.2, 0.25) is 0 Å². The summed E-state index contributed by atoms with van der Waals surface area (Å²) in [6.07, 6.45) is 2.25. The summed E-state index contributed by atoms with van der Waals surface area (Å²) in [6, 6.07) is 8.35. The SMILES string of the molecule is C=C=CC1(C#N)C(=S)NC2=C(C(=O)CC(C)(C)C2)C1c1ccccc1[N+](=O)[O-]. The molecule has 0 saturated carbocycles. The standard InChI is InChI=1S/C21H19N3O3S/c1-4-9-21(12-22)18(13-7-5-6-8-15(13)24(26)27)17-14(23-19(21)28)10-20(2,3)11-16(17)25/h5-9,18H,1,10-11H2,2-3H3,(H,23,28). The number of para-hydroxylation sites is 1. The monoisotopic (exact) mass is 393 g/mol. The van der Waals surface area contributed by atoms with E-state index in [0.29, 0.717) is 17.7 Å². The fourth-order valence-electron chi connectivity index (χ4n) is 4.14. The second-order valence-electron chi connectivity index (χ2n) is 7.87. The second-order valence-corrected chi connectivity index (χ2v) is 8.27. The van der Waals surface area contributed by atoms with Crippen LogP contribution in [-0.2, 0) is 4.79 Å². The van der Waals surface area contributed by atoms with Crippen molar-refractivity contribution in [1.82, 2.24) is 5.32 Å². The van der Waals surface area contributed by atoms with Gasteiger partial charge in [0.25, 0.3) is 5.69 Å². The number of thiocarbonyl (C=S) groups is 1. The molecule has 7 heteroatoms. The smallest absolute Gasteiger partial charge is 0.273 e. The summed E-state index contributed by atoms with van der Waals surface area (Å²) in [4.78, 5) is 24.5. The third kappa shape index (κ3) is 2.97. The van der Waals surface area contributed by atoms with Crippen molar-refractivity contribution in [2.75, 3.05) is 0 Å². The Morgan fingerprint density at radius 2 is 2.07 bits per heavy atom. The lowest BCUT2D eigenvalue weighted by Gasteiger charge is -2.44. The Kier molecular flexibility index (Phi) is 4.80. The molecule has 0 amide bonds. The van der Waals surface area contributed by atoms with E-state index < -0.39 is 16.3 Å². The maximum atomic E-state index is 13.2. The Hall–Kier alpha value is -3.07. The van der Waals surface area contributed by atoms with Gasteiger partial charge in [-0.3, -0.25) is 14.9 Å². The van der Waals surface area contributed by atoms with Crippen LogP contribution in [0.3, 0.4) is 0 Å². The van der Waals surface area contributed by atoms with Gasteiger partial charge in [0.15, 0.2) is 5.78 Å². The second kappa shape index (κ2) is 6.83. The van der Waals surface area contributed by atoms with Crippen molar-refractivity contribution in [2.45, 2.75) is 32.6 Å². The van der Waals surface area contributed by atoms with E-state index in [2.05, 4.69) is 23.7 Å². The summed E-state index contributed by atoms with van der Waals surface area (Å²) < 4.78 is 0. The average Bonchev–Trinajstić information content (AvgIpc) is 2.61. The van der Waals surface area contributed by atoms with Crippen LogP contribution >= 0.6 is 12.2 Å². The van der Waals surface area contributed by atoms with Gasteiger partial charge >= 0.3 is 0 Å². The molecule has 0 radical (unpaired) electrons. The molecule has 0 fully saturated rings. The molecule has 6 nitrogen and oxygen atoms in total. The number of rotatable bonds is 3. The third-order valence-corrected chi connectivity index (χ3v) is 5.70. The fourth-order valence-corrected chi connectivity index (χ4v) is 4.48. The predicted octanol–water partition coefficient (Wildman–Crippen LogP) is 4.10. The van der Waals surface area contributed by atoms with E-state index in [4.69, 9.17) is 12.2 Å². The van der Waals surface area contributed by atoms with Crippen LogP contribution < -0.4 is 5.32 Å². The van der Waals surface area contributed by atoms with Crippen molar-refractivity contribution in [3.63, 3.8) is 0 Å². The van der Waals surface area contributed by atoms with Crippen molar-refractivity contribution in [1.29, 1.82) is 5.26 Å². The number of carbonyl (C=O) groups excluding carboxylic acids is 1. The first-order chi connectivity index (χ1) is 13.2. The number of Topliss-reactive ketones (excluding diaryl/α,β-unsaturated/α-hetero) is 1. The Morgan fingerprint density at radius 3 is 2.68 bits per heavy atom. The van der Waals surface area contributed by atoms with Crippen LogP contribution in [0.1, 0.15) is 38.2 Å². The van der Waals surface area contributed by atoms with Crippen molar-refractivity contribution < 1.29 is 9.72 Å². The molecule has 0 saturated heterocycles. The summed E-state index contributed by atoms with van der Waals surface area (Å²) in [5, 5.41) is 24.9. The maximum absolute atomic E-state index is 13.2. The Balaban J connectivity index is 2.40. The molecule has 1 aromatic rings. The Morgan fingerprint density at radius 1 is 1.39 bits per heavy atom. The van der Waals surface area contributed by atoms with Gasteiger partial charge in [-0.1, -0.05) is 50.8 Å². The molecule has 0 bridgehead atoms. The van der Waals surface area contributed by atoms with Crippen molar-refractivity contribution >= 4 is 28.7 Å². The number of nitrogens with one attached hydrogen (secondary N) is 1. The molecular formula is C21H19N3O3S. The summed E-state index contributed by atoms with van der Waals surface area (Å²) in [6.45, 7) is 7.52. The normalized spacial score (nSPS) is 25.8. The molecule has 2 aliphatic rings. The molecule has 0 aromatic heterocycles. The molecule has 1 heterocycles. The van der Waals surface area contributed by atoms with E-state index in [1.807, 2.05) is 13.8 Å². The van der Waals surface area contributed by atoms with Gasteiger partial charge in [0, 0.05) is 29.3 Å².